The second-order valence-corrected chi connectivity index (χ2v) is 3.07. The van der Waals surface area contributed by atoms with Gasteiger partial charge in [-0.15, -0.1) is 0 Å². The van der Waals surface area contributed by atoms with Crippen molar-refractivity contribution in [1.29, 1.82) is 0 Å². The van der Waals surface area contributed by atoms with Crippen LogP contribution in [0, 0.1) is 6.92 Å². The number of anilines is 1. The Morgan fingerprint density at radius 1 is 1.45 bits per heavy atom. The molecule has 3 heteroatoms. The van der Waals surface area contributed by atoms with Crippen molar-refractivity contribution in [3.05, 3.63) is 17.5 Å². The minimum Gasteiger partial charge on any atom is -0.368 e. The van der Waals surface area contributed by atoms with Gasteiger partial charge in [-0.1, -0.05) is 0 Å². The van der Waals surface area contributed by atoms with E-state index in [1.54, 1.807) is 0 Å². The third-order valence-electron chi connectivity index (χ3n) is 1.89. The fourth-order valence-electron chi connectivity index (χ4n) is 1.20. The molecule has 1 saturated carbocycles. The monoisotopic (exact) mass is 149 g/mol. The molecule has 0 atom stereocenters. The largest absolute Gasteiger partial charge is 0.368 e. The van der Waals surface area contributed by atoms with Crippen molar-refractivity contribution in [2.45, 2.75) is 25.7 Å². The molecule has 0 aromatic carbocycles. The first kappa shape index (κ1) is 6.58. The number of hydrogen-bond acceptors (Lipinski definition) is 3. The maximum absolute atomic E-state index is 5.50. The van der Waals surface area contributed by atoms with Gasteiger partial charge in [0.2, 0.25) is 5.95 Å². The van der Waals surface area contributed by atoms with Crippen LogP contribution in [0.3, 0.4) is 0 Å². The normalized spacial score (nSPS) is 16.8. The summed E-state index contributed by atoms with van der Waals surface area (Å²) in [7, 11) is 0. The SMILES string of the molecule is Cc1cc(C2CC2)nc(N)n1. The smallest absolute Gasteiger partial charge is 0.220 e. The summed E-state index contributed by atoms with van der Waals surface area (Å²) in [4.78, 5) is 8.17. The van der Waals surface area contributed by atoms with Gasteiger partial charge in [0.25, 0.3) is 0 Å². The van der Waals surface area contributed by atoms with Crippen LogP contribution in [0.5, 0.6) is 0 Å². The first-order chi connectivity index (χ1) is 5.25. The molecular weight excluding hydrogens is 138 g/mol. The zero-order valence-electron chi connectivity index (χ0n) is 6.54. The molecule has 1 aliphatic carbocycles. The molecule has 1 fully saturated rings. The van der Waals surface area contributed by atoms with Gasteiger partial charge in [-0.2, -0.15) is 0 Å². The van der Waals surface area contributed by atoms with E-state index in [2.05, 4.69) is 9.97 Å². The van der Waals surface area contributed by atoms with E-state index in [4.69, 9.17) is 5.73 Å². The average molecular weight is 149 g/mol. The Labute approximate surface area is 65.7 Å². The van der Waals surface area contributed by atoms with Crippen LogP contribution in [0.25, 0.3) is 0 Å². The molecule has 11 heavy (non-hydrogen) atoms. The van der Waals surface area contributed by atoms with Crippen molar-refractivity contribution in [2.75, 3.05) is 5.73 Å². The fourth-order valence-corrected chi connectivity index (χ4v) is 1.20. The van der Waals surface area contributed by atoms with Crippen LogP contribution >= 0.6 is 0 Å². The van der Waals surface area contributed by atoms with Gasteiger partial charge >= 0.3 is 0 Å². The lowest BCUT2D eigenvalue weighted by molar-refractivity contribution is 0.977. The van der Waals surface area contributed by atoms with E-state index in [9.17, 15) is 0 Å². The number of nitrogen functional groups attached to an aromatic ring is 1. The van der Waals surface area contributed by atoms with Gasteiger partial charge in [0, 0.05) is 17.3 Å². The zero-order chi connectivity index (χ0) is 7.84. The summed E-state index contributed by atoms with van der Waals surface area (Å²) in [5.74, 6) is 1.07. The minimum atomic E-state index is 0.409. The van der Waals surface area contributed by atoms with Crippen LogP contribution < -0.4 is 5.73 Å². The van der Waals surface area contributed by atoms with Crippen molar-refractivity contribution < 1.29 is 0 Å². The Morgan fingerprint density at radius 2 is 2.18 bits per heavy atom. The summed E-state index contributed by atoms with van der Waals surface area (Å²) >= 11 is 0. The topological polar surface area (TPSA) is 51.8 Å². The molecule has 3 nitrogen and oxygen atoms in total. The standard InChI is InChI=1S/C8H11N3/c1-5-4-7(6-2-3-6)11-8(9)10-5/h4,6H,2-3H2,1H3,(H2,9,10,11). The third-order valence-corrected chi connectivity index (χ3v) is 1.89. The Kier molecular flexibility index (Phi) is 1.31. The van der Waals surface area contributed by atoms with Gasteiger partial charge in [-0.3, -0.25) is 0 Å². The molecular formula is C8H11N3. The highest BCUT2D eigenvalue weighted by Gasteiger charge is 2.25. The quantitative estimate of drug-likeness (QED) is 0.653. The Morgan fingerprint density at radius 3 is 2.73 bits per heavy atom. The molecule has 0 unspecified atom stereocenters. The van der Waals surface area contributed by atoms with E-state index in [1.807, 2.05) is 13.0 Å². The van der Waals surface area contributed by atoms with Gasteiger partial charge < -0.3 is 5.73 Å². The number of rotatable bonds is 1. The van der Waals surface area contributed by atoms with Gasteiger partial charge in [0.15, 0.2) is 0 Å². The van der Waals surface area contributed by atoms with Crippen LogP contribution in [0.4, 0.5) is 5.95 Å². The van der Waals surface area contributed by atoms with Crippen molar-refractivity contribution in [3.63, 3.8) is 0 Å². The average Bonchev–Trinajstić information content (AvgIpc) is 2.64. The van der Waals surface area contributed by atoms with E-state index < -0.39 is 0 Å². The number of aromatic nitrogens is 2. The molecule has 2 N–H and O–H groups in total. The summed E-state index contributed by atoms with van der Waals surface area (Å²) in [5.41, 5.74) is 7.59. The van der Waals surface area contributed by atoms with Crippen LogP contribution in [0.1, 0.15) is 30.1 Å². The molecule has 1 aliphatic rings. The second kappa shape index (κ2) is 2.19. The molecule has 1 aromatic heterocycles. The van der Waals surface area contributed by atoms with Gasteiger partial charge in [0.05, 0.1) is 0 Å². The van der Waals surface area contributed by atoms with E-state index in [1.165, 1.54) is 12.8 Å². The van der Waals surface area contributed by atoms with Crippen LogP contribution in [-0.2, 0) is 0 Å². The molecule has 2 rings (SSSR count). The van der Waals surface area contributed by atoms with Crippen LogP contribution in [0.2, 0.25) is 0 Å². The lowest BCUT2D eigenvalue weighted by Gasteiger charge is -1.99. The fraction of sp³-hybridized carbons (Fsp3) is 0.500. The van der Waals surface area contributed by atoms with Crippen LogP contribution in [0.15, 0.2) is 6.07 Å². The zero-order valence-corrected chi connectivity index (χ0v) is 6.54. The lowest BCUT2D eigenvalue weighted by atomic mass is 10.2. The summed E-state index contributed by atoms with van der Waals surface area (Å²) in [6, 6.07) is 2.02. The predicted molar refractivity (Wildman–Crippen MR) is 43.2 cm³/mol. The number of nitrogens with zero attached hydrogens (tertiary/aromatic N) is 2. The second-order valence-electron chi connectivity index (χ2n) is 3.07. The van der Waals surface area contributed by atoms with Crippen molar-refractivity contribution >= 4 is 5.95 Å². The molecule has 0 saturated heterocycles. The first-order valence-corrected chi connectivity index (χ1v) is 3.87. The van der Waals surface area contributed by atoms with Crippen molar-refractivity contribution in [2.24, 2.45) is 0 Å². The highest BCUT2D eigenvalue weighted by molar-refractivity contribution is 5.26. The predicted octanol–water partition coefficient (Wildman–Crippen LogP) is 1.24. The van der Waals surface area contributed by atoms with E-state index in [-0.39, 0.29) is 0 Å². The van der Waals surface area contributed by atoms with Crippen LogP contribution in [-0.4, -0.2) is 9.97 Å². The summed E-state index contributed by atoms with van der Waals surface area (Å²) in [5, 5.41) is 0. The summed E-state index contributed by atoms with van der Waals surface area (Å²) in [6.45, 7) is 1.95. The molecule has 0 amide bonds. The maximum atomic E-state index is 5.50. The Hall–Kier alpha value is -1.12. The highest BCUT2D eigenvalue weighted by atomic mass is 15.0. The Bertz CT molecular complexity index is 258. The molecule has 1 heterocycles. The molecule has 1 aromatic rings. The lowest BCUT2D eigenvalue weighted by Crippen LogP contribution is -1.99. The highest BCUT2D eigenvalue weighted by Crippen LogP contribution is 2.39. The summed E-state index contributed by atoms with van der Waals surface area (Å²) < 4.78 is 0. The Balaban J connectivity index is 2.39. The molecule has 0 spiro atoms. The van der Waals surface area contributed by atoms with Gasteiger partial charge in [-0.25, -0.2) is 9.97 Å². The van der Waals surface area contributed by atoms with E-state index >= 15 is 0 Å². The van der Waals surface area contributed by atoms with E-state index in [0.29, 0.717) is 11.9 Å². The van der Waals surface area contributed by atoms with Crippen molar-refractivity contribution in [1.82, 2.24) is 9.97 Å². The molecule has 0 radical (unpaired) electrons. The number of hydrogen-bond donors (Lipinski definition) is 1. The number of aryl methyl sites for hydroxylation is 1. The third kappa shape index (κ3) is 1.31. The van der Waals surface area contributed by atoms with Crippen molar-refractivity contribution in [3.8, 4) is 0 Å². The molecule has 0 aliphatic heterocycles. The molecule has 58 valence electrons. The number of nitrogens with two attached hydrogens (primary N) is 1. The maximum Gasteiger partial charge on any atom is 0.220 e. The minimum absolute atomic E-state index is 0.409. The molecule has 0 bridgehead atoms. The van der Waals surface area contributed by atoms with Gasteiger partial charge in [0.1, 0.15) is 0 Å². The van der Waals surface area contributed by atoms with Gasteiger partial charge in [-0.05, 0) is 25.8 Å². The van der Waals surface area contributed by atoms with E-state index in [0.717, 1.165) is 11.4 Å². The first-order valence-electron chi connectivity index (χ1n) is 3.87. The summed E-state index contributed by atoms with van der Waals surface area (Å²) in [6.07, 6.45) is 2.52.